The minimum atomic E-state index is 0.234. The molecule has 0 radical (unpaired) electrons. The summed E-state index contributed by atoms with van der Waals surface area (Å²) in [6, 6.07) is 6.24. The van der Waals surface area contributed by atoms with Gasteiger partial charge in [-0.25, -0.2) is 0 Å². The van der Waals surface area contributed by atoms with Crippen LogP contribution in [0.5, 0.6) is 0 Å². The summed E-state index contributed by atoms with van der Waals surface area (Å²) in [5, 5.41) is 0. The van der Waals surface area contributed by atoms with E-state index in [0.29, 0.717) is 0 Å². The molecule has 1 saturated heterocycles. The Hall–Kier alpha value is -0.930. The SMILES string of the molecule is NC(Cc1ccccn1)CC1CCOCC1. The van der Waals surface area contributed by atoms with Gasteiger partial charge in [0.05, 0.1) is 0 Å². The Kier molecular flexibility index (Phi) is 4.31. The zero-order chi connectivity index (χ0) is 11.2. The fourth-order valence-electron chi connectivity index (χ4n) is 2.28. The number of rotatable bonds is 4. The number of nitrogens with two attached hydrogens (primary N) is 1. The summed E-state index contributed by atoms with van der Waals surface area (Å²) in [5.41, 5.74) is 7.25. The van der Waals surface area contributed by atoms with Crippen LogP contribution >= 0.6 is 0 Å². The van der Waals surface area contributed by atoms with E-state index >= 15 is 0 Å². The average molecular weight is 220 g/mol. The summed E-state index contributed by atoms with van der Waals surface area (Å²) in [6.45, 7) is 1.81. The molecule has 16 heavy (non-hydrogen) atoms. The van der Waals surface area contributed by atoms with Crippen LogP contribution in [0.15, 0.2) is 24.4 Å². The van der Waals surface area contributed by atoms with E-state index in [9.17, 15) is 0 Å². The molecule has 0 aliphatic carbocycles. The van der Waals surface area contributed by atoms with Crippen LogP contribution < -0.4 is 5.73 Å². The Bertz CT molecular complexity index is 296. The molecule has 0 saturated carbocycles. The van der Waals surface area contributed by atoms with Crippen LogP contribution in [0.1, 0.15) is 25.0 Å². The van der Waals surface area contributed by atoms with E-state index in [0.717, 1.165) is 50.5 Å². The highest BCUT2D eigenvalue weighted by Crippen LogP contribution is 2.20. The number of pyridine rings is 1. The standard InChI is InChI=1S/C13H20N2O/c14-12(9-11-4-7-16-8-5-11)10-13-3-1-2-6-15-13/h1-3,6,11-12H,4-5,7-10,14H2. The summed E-state index contributed by atoms with van der Waals surface area (Å²) in [6.07, 6.45) is 6.14. The first-order valence-corrected chi connectivity index (χ1v) is 6.08. The van der Waals surface area contributed by atoms with Gasteiger partial charge in [-0.15, -0.1) is 0 Å². The van der Waals surface area contributed by atoms with Crippen molar-refractivity contribution in [3.8, 4) is 0 Å². The summed E-state index contributed by atoms with van der Waals surface area (Å²) in [4.78, 5) is 4.31. The fourth-order valence-corrected chi connectivity index (χ4v) is 2.28. The van der Waals surface area contributed by atoms with Gasteiger partial charge >= 0.3 is 0 Å². The van der Waals surface area contributed by atoms with Crippen LogP contribution in [0.3, 0.4) is 0 Å². The molecule has 1 aromatic heterocycles. The van der Waals surface area contributed by atoms with E-state index in [4.69, 9.17) is 10.5 Å². The third-order valence-electron chi connectivity index (χ3n) is 3.17. The number of hydrogen-bond donors (Lipinski definition) is 1. The van der Waals surface area contributed by atoms with Crippen molar-refractivity contribution < 1.29 is 4.74 Å². The van der Waals surface area contributed by atoms with Gasteiger partial charge in [-0.3, -0.25) is 4.98 Å². The first kappa shape index (κ1) is 11.6. The molecule has 88 valence electrons. The third kappa shape index (κ3) is 3.58. The maximum absolute atomic E-state index is 6.16. The molecule has 0 amide bonds. The van der Waals surface area contributed by atoms with Crippen molar-refractivity contribution in [1.82, 2.24) is 4.98 Å². The lowest BCUT2D eigenvalue weighted by atomic mass is 9.91. The van der Waals surface area contributed by atoms with Crippen molar-refractivity contribution in [2.24, 2.45) is 11.7 Å². The molecule has 1 fully saturated rings. The second-order valence-corrected chi connectivity index (χ2v) is 4.58. The number of aromatic nitrogens is 1. The molecular weight excluding hydrogens is 200 g/mol. The first-order chi connectivity index (χ1) is 7.84. The van der Waals surface area contributed by atoms with E-state index in [1.165, 1.54) is 0 Å². The van der Waals surface area contributed by atoms with Gasteiger partial charge in [-0.05, 0) is 37.3 Å². The summed E-state index contributed by atoms with van der Waals surface area (Å²) < 4.78 is 5.35. The van der Waals surface area contributed by atoms with Crippen LogP contribution in [0.4, 0.5) is 0 Å². The molecule has 3 heteroatoms. The largest absolute Gasteiger partial charge is 0.381 e. The van der Waals surface area contributed by atoms with Crippen molar-refractivity contribution in [3.63, 3.8) is 0 Å². The van der Waals surface area contributed by atoms with Crippen molar-refractivity contribution in [3.05, 3.63) is 30.1 Å². The molecular formula is C13H20N2O. The molecule has 0 spiro atoms. The quantitative estimate of drug-likeness (QED) is 0.841. The predicted molar refractivity (Wildman–Crippen MR) is 64.1 cm³/mol. The molecule has 0 bridgehead atoms. The zero-order valence-corrected chi connectivity index (χ0v) is 9.64. The van der Waals surface area contributed by atoms with Gasteiger partial charge in [0.25, 0.3) is 0 Å². The topological polar surface area (TPSA) is 48.1 Å². The summed E-state index contributed by atoms with van der Waals surface area (Å²) in [5.74, 6) is 0.743. The highest BCUT2D eigenvalue weighted by atomic mass is 16.5. The Morgan fingerprint density at radius 3 is 2.88 bits per heavy atom. The number of ether oxygens (including phenoxy) is 1. The van der Waals surface area contributed by atoms with Gasteiger partial charge in [0, 0.05) is 37.6 Å². The molecule has 2 heterocycles. The molecule has 1 atom stereocenters. The van der Waals surface area contributed by atoms with E-state index in [1.54, 1.807) is 0 Å². The van der Waals surface area contributed by atoms with Gasteiger partial charge in [0.2, 0.25) is 0 Å². The van der Waals surface area contributed by atoms with E-state index in [-0.39, 0.29) is 6.04 Å². The van der Waals surface area contributed by atoms with E-state index in [2.05, 4.69) is 4.98 Å². The molecule has 2 rings (SSSR count). The Balaban J connectivity index is 1.77. The van der Waals surface area contributed by atoms with Gasteiger partial charge in [-0.1, -0.05) is 6.07 Å². The van der Waals surface area contributed by atoms with Crippen LogP contribution in [0.25, 0.3) is 0 Å². The Morgan fingerprint density at radius 1 is 1.38 bits per heavy atom. The van der Waals surface area contributed by atoms with Crippen LogP contribution in [0, 0.1) is 5.92 Å². The van der Waals surface area contributed by atoms with Crippen molar-refractivity contribution in [1.29, 1.82) is 0 Å². The fraction of sp³-hybridized carbons (Fsp3) is 0.615. The highest BCUT2D eigenvalue weighted by Gasteiger charge is 2.17. The van der Waals surface area contributed by atoms with E-state index in [1.807, 2.05) is 24.4 Å². The summed E-state index contributed by atoms with van der Waals surface area (Å²) in [7, 11) is 0. The smallest absolute Gasteiger partial charge is 0.0468 e. The molecule has 3 nitrogen and oxygen atoms in total. The molecule has 1 aliphatic heterocycles. The van der Waals surface area contributed by atoms with Crippen LogP contribution in [-0.2, 0) is 11.2 Å². The molecule has 2 N–H and O–H groups in total. The molecule has 1 unspecified atom stereocenters. The van der Waals surface area contributed by atoms with Gasteiger partial charge in [0.15, 0.2) is 0 Å². The normalized spacial score (nSPS) is 19.6. The van der Waals surface area contributed by atoms with Crippen molar-refractivity contribution >= 4 is 0 Å². The van der Waals surface area contributed by atoms with E-state index < -0.39 is 0 Å². The van der Waals surface area contributed by atoms with Crippen molar-refractivity contribution in [2.45, 2.75) is 31.7 Å². The second-order valence-electron chi connectivity index (χ2n) is 4.58. The average Bonchev–Trinajstić information content (AvgIpc) is 2.31. The Morgan fingerprint density at radius 2 is 2.19 bits per heavy atom. The van der Waals surface area contributed by atoms with Crippen molar-refractivity contribution in [2.75, 3.05) is 13.2 Å². The van der Waals surface area contributed by atoms with Crippen LogP contribution in [0.2, 0.25) is 0 Å². The second kappa shape index (κ2) is 5.97. The zero-order valence-electron chi connectivity index (χ0n) is 9.64. The summed E-state index contributed by atoms with van der Waals surface area (Å²) >= 11 is 0. The highest BCUT2D eigenvalue weighted by molar-refractivity contribution is 5.05. The van der Waals surface area contributed by atoms with Gasteiger partial charge < -0.3 is 10.5 Å². The lowest BCUT2D eigenvalue weighted by Gasteiger charge is -2.24. The maximum Gasteiger partial charge on any atom is 0.0468 e. The van der Waals surface area contributed by atoms with Gasteiger partial charge in [-0.2, -0.15) is 0 Å². The minimum absolute atomic E-state index is 0.234. The maximum atomic E-state index is 6.16. The number of nitrogens with zero attached hydrogens (tertiary/aromatic N) is 1. The minimum Gasteiger partial charge on any atom is -0.381 e. The lowest BCUT2D eigenvalue weighted by Crippen LogP contribution is -2.29. The Labute approximate surface area is 97.0 Å². The monoisotopic (exact) mass is 220 g/mol. The third-order valence-corrected chi connectivity index (χ3v) is 3.17. The first-order valence-electron chi connectivity index (χ1n) is 6.08. The number of hydrogen-bond acceptors (Lipinski definition) is 3. The molecule has 0 aromatic carbocycles. The lowest BCUT2D eigenvalue weighted by molar-refractivity contribution is 0.0618. The van der Waals surface area contributed by atoms with Crippen LogP contribution in [-0.4, -0.2) is 24.2 Å². The molecule has 1 aliphatic rings. The molecule has 1 aromatic rings. The van der Waals surface area contributed by atoms with Gasteiger partial charge in [0.1, 0.15) is 0 Å². The predicted octanol–water partition coefficient (Wildman–Crippen LogP) is 1.77.